The Morgan fingerprint density at radius 2 is 1.57 bits per heavy atom. The average molecular weight is 553 g/mol. The van der Waals surface area contributed by atoms with Gasteiger partial charge in [-0.05, 0) is 66.1 Å². The number of ketones is 1. The van der Waals surface area contributed by atoms with Crippen LogP contribution in [0, 0.1) is 0 Å². The molecule has 3 N–H and O–H groups in total. The zero-order valence-corrected chi connectivity index (χ0v) is 23.0. The van der Waals surface area contributed by atoms with Gasteiger partial charge in [0.2, 0.25) is 0 Å². The Bertz CT molecular complexity index is 1900. The van der Waals surface area contributed by atoms with E-state index in [4.69, 9.17) is 15.7 Å². The molecule has 0 aliphatic rings. The molecule has 0 saturated carbocycles. The number of nitrogen functional groups attached to an aromatic ring is 1. The fraction of sp³-hybridized carbons (Fsp3) is 0.0882. The van der Waals surface area contributed by atoms with Crippen LogP contribution < -0.4 is 11.1 Å². The van der Waals surface area contributed by atoms with Crippen molar-refractivity contribution >= 4 is 28.7 Å². The number of nitrogens with zero attached hydrogens (tertiary/aromatic N) is 4. The van der Waals surface area contributed by atoms with Gasteiger partial charge in [0.25, 0.3) is 5.91 Å². The second kappa shape index (κ2) is 11.5. The Labute approximate surface area is 242 Å². The van der Waals surface area contributed by atoms with Gasteiger partial charge in [-0.2, -0.15) is 0 Å². The lowest BCUT2D eigenvalue weighted by atomic mass is 10.0. The Morgan fingerprint density at radius 3 is 2.29 bits per heavy atom. The van der Waals surface area contributed by atoms with Crippen molar-refractivity contribution in [1.82, 2.24) is 24.8 Å². The smallest absolute Gasteiger partial charge is 0.251 e. The molecule has 206 valence electrons. The number of rotatable bonds is 8. The van der Waals surface area contributed by atoms with Crippen molar-refractivity contribution in [3.63, 3.8) is 0 Å². The number of nitrogens with one attached hydrogen (secondary N) is 1. The van der Waals surface area contributed by atoms with E-state index in [-0.39, 0.29) is 11.7 Å². The van der Waals surface area contributed by atoms with E-state index in [0.29, 0.717) is 46.9 Å². The molecule has 3 aromatic carbocycles. The molecule has 0 atom stereocenters. The molecule has 6 aromatic rings. The number of benzene rings is 3. The summed E-state index contributed by atoms with van der Waals surface area (Å²) in [7, 11) is 0. The van der Waals surface area contributed by atoms with Gasteiger partial charge < -0.3 is 11.1 Å². The summed E-state index contributed by atoms with van der Waals surface area (Å²) in [5, 5.41) is 2.97. The molecular weight excluding hydrogens is 524 g/mol. The summed E-state index contributed by atoms with van der Waals surface area (Å²) in [5.74, 6) is 1.00. The van der Waals surface area contributed by atoms with E-state index in [9.17, 15) is 9.59 Å². The van der Waals surface area contributed by atoms with Crippen molar-refractivity contribution in [3.05, 3.63) is 126 Å². The van der Waals surface area contributed by atoms with Crippen LogP contribution in [-0.2, 0) is 17.8 Å². The highest BCUT2D eigenvalue weighted by Gasteiger charge is 2.18. The molecule has 0 spiro atoms. The molecule has 0 unspecified atom stereocenters. The molecule has 0 aliphatic carbocycles. The van der Waals surface area contributed by atoms with Crippen molar-refractivity contribution < 1.29 is 9.59 Å². The predicted octanol–water partition coefficient (Wildman–Crippen LogP) is 5.79. The molecule has 3 heterocycles. The number of anilines is 1. The molecule has 0 fully saturated rings. The molecule has 0 aliphatic heterocycles. The highest BCUT2D eigenvalue weighted by Crippen LogP contribution is 2.32. The maximum atomic E-state index is 12.5. The molecule has 8 nitrogen and oxygen atoms in total. The summed E-state index contributed by atoms with van der Waals surface area (Å²) in [6.07, 6.45) is 3.89. The minimum absolute atomic E-state index is 0.122. The fourth-order valence-corrected chi connectivity index (χ4v) is 4.89. The SMILES string of the molecule is CC(=O)Cc1ccc(-c2cnc3c(c2)nc(-c2cccnc2N)n3-c2ccc(CNC(=O)c3ccccc3)cc2)cc1. The Balaban J connectivity index is 1.34. The number of amides is 1. The normalized spacial score (nSPS) is 11.0. The van der Waals surface area contributed by atoms with Crippen molar-refractivity contribution in [2.24, 2.45) is 0 Å². The van der Waals surface area contributed by atoms with Gasteiger partial charge in [-0.3, -0.25) is 14.2 Å². The molecule has 42 heavy (non-hydrogen) atoms. The number of pyridine rings is 2. The number of Topliss-reactive ketones (excluding diaryl/α,β-unsaturated/α-hetero) is 1. The molecule has 0 saturated heterocycles. The van der Waals surface area contributed by atoms with Crippen LogP contribution in [0.5, 0.6) is 0 Å². The van der Waals surface area contributed by atoms with E-state index >= 15 is 0 Å². The zero-order valence-electron chi connectivity index (χ0n) is 23.0. The summed E-state index contributed by atoms with van der Waals surface area (Å²) in [6.45, 7) is 1.99. The highest BCUT2D eigenvalue weighted by atomic mass is 16.1. The number of nitrogens with two attached hydrogens (primary N) is 1. The number of hydrogen-bond donors (Lipinski definition) is 2. The molecule has 6 rings (SSSR count). The van der Waals surface area contributed by atoms with Crippen molar-refractivity contribution in [2.75, 3.05) is 5.73 Å². The fourth-order valence-electron chi connectivity index (χ4n) is 4.89. The van der Waals surface area contributed by atoms with Gasteiger partial charge in [-0.15, -0.1) is 0 Å². The van der Waals surface area contributed by atoms with Crippen molar-refractivity contribution in [1.29, 1.82) is 0 Å². The number of aromatic nitrogens is 4. The van der Waals surface area contributed by atoms with Crippen LogP contribution in [0.25, 0.3) is 39.4 Å². The minimum Gasteiger partial charge on any atom is -0.383 e. The second-order valence-electron chi connectivity index (χ2n) is 10.1. The van der Waals surface area contributed by atoms with Crippen LogP contribution in [0.3, 0.4) is 0 Å². The number of carbonyl (C=O) groups is 2. The first kappa shape index (κ1) is 26.6. The Morgan fingerprint density at radius 1 is 0.833 bits per heavy atom. The van der Waals surface area contributed by atoms with E-state index in [1.807, 2.05) is 95.7 Å². The van der Waals surface area contributed by atoms with Crippen molar-refractivity contribution in [2.45, 2.75) is 19.9 Å². The van der Waals surface area contributed by atoms with Crippen LogP contribution in [0.15, 0.2) is 109 Å². The minimum atomic E-state index is -0.122. The summed E-state index contributed by atoms with van der Waals surface area (Å²) in [5.41, 5.74) is 13.7. The third kappa shape index (κ3) is 5.51. The maximum absolute atomic E-state index is 12.5. The molecule has 8 heteroatoms. The third-order valence-electron chi connectivity index (χ3n) is 7.00. The lowest BCUT2D eigenvalue weighted by Gasteiger charge is -2.11. The summed E-state index contributed by atoms with van der Waals surface area (Å²) < 4.78 is 1.97. The van der Waals surface area contributed by atoms with E-state index < -0.39 is 0 Å². The first-order valence-corrected chi connectivity index (χ1v) is 13.6. The lowest BCUT2D eigenvalue weighted by Crippen LogP contribution is -2.22. The zero-order chi connectivity index (χ0) is 29.1. The summed E-state index contributed by atoms with van der Waals surface area (Å²) in [6, 6.07) is 30.7. The maximum Gasteiger partial charge on any atom is 0.251 e. The number of fused-ring (bicyclic) bond motifs is 1. The monoisotopic (exact) mass is 552 g/mol. The number of imidazole rings is 1. The van der Waals surface area contributed by atoms with Gasteiger partial charge in [0.1, 0.15) is 17.1 Å². The van der Waals surface area contributed by atoms with Gasteiger partial charge in [0, 0.05) is 42.2 Å². The third-order valence-corrected chi connectivity index (χ3v) is 7.00. The number of carbonyl (C=O) groups excluding carboxylic acids is 2. The topological polar surface area (TPSA) is 116 Å². The Hall–Kier alpha value is -5.63. The summed E-state index contributed by atoms with van der Waals surface area (Å²) >= 11 is 0. The quantitative estimate of drug-likeness (QED) is 0.247. The van der Waals surface area contributed by atoms with Crippen LogP contribution in [-0.4, -0.2) is 31.2 Å². The van der Waals surface area contributed by atoms with Crippen LogP contribution in [0.4, 0.5) is 5.82 Å². The van der Waals surface area contributed by atoms with Gasteiger partial charge in [-0.1, -0.05) is 54.6 Å². The van der Waals surface area contributed by atoms with E-state index in [1.165, 1.54) is 0 Å². The first-order valence-electron chi connectivity index (χ1n) is 13.6. The molecule has 3 aromatic heterocycles. The Kier molecular flexibility index (Phi) is 7.26. The first-order chi connectivity index (χ1) is 20.5. The van der Waals surface area contributed by atoms with Crippen LogP contribution >= 0.6 is 0 Å². The largest absolute Gasteiger partial charge is 0.383 e. The lowest BCUT2D eigenvalue weighted by molar-refractivity contribution is -0.116. The van der Waals surface area contributed by atoms with E-state index in [2.05, 4.69) is 10.3 Å². The molecule has 0 bridgehead atoms. The number of hydrogen-bond acceptors (Lipinski definition) is 6. The highest BCUT2D eigenvalue weighted by molar-refractivity contribution is 5.94. The standard InChI is InChI=1S/C34H28N6O2/c1-22(41)18-23-9-13-25(14-10-23)27-19-30-33(37-21-27)40(32(39-30)29-8-5-17-36-31(29)35)28-15-11-24(12-16-28)20-38-34(42)26-6-3-2-4-7-26/h2-17,19,21H,18,20H2,1H3,(H2,35,36)(H,38,42). The van der Waals surface area contributed by atoms with Gasteiger partial charge in [-0.25, -0.2) is 15.0 Å². The molecular formula is C34H28N6O2. The van der Waals surface area contributed by atoms with Crippen molar-refractivity contribution in [3.8, 4) is 28.2 Å². The summed E-state index contributed by atoms with van der Waals surface area (Å²) in [4.78, 5) is 38.0. The van der Waals surface area contributed by atoms with Gasteiger partial charge in [0.15, 0.2) is 11.5 Å². The van der Waals surface area contributed by atoms with Gasteiger partial charge in [0.05, 0.1) is 5.56 Å². The van der Waals surface area contributed by atoms with E-state index in [1.54, 1.807) is 25.3 Å². The van der Waals surface area contributed by atoms with Crippen LogP contribution in [0.1, 0.15) is 28.4 Å². The average Bonchev–Trinajstić information content (AvgIpc) is 3.39. The predicted molar refractivity (Wildman–Crippen MR) is 164 cm³/mol. The molecule has 1 amide bonds. The van der Waals surface area contributed by atoms with E-state index in [0.717, 1.165) is 27.9 Å². The van der Waals surface area contributed by atoms with Gasteiger partial charge >= 0.3 is 0 Å². The second-order valence-corrected chi connectivity index (χ2v) is 10.1. The van der Waals surface area contributed by atoms with Crippen LogP contribution in [0.2, 0.25) is 0 Å². The molecule has 0 radical (unpaired) electrons.